The van der Waals surface area contributed by atoms with E-state index < -0.39 is 18.1 Å². The van der Waals surface area contributed by atoms with Gasteiger partial charge in [-0.2, -0.15) is 0 Å². The monoisotopic (exact) mass is 447 g/mol. The topological polar surface area (TPSA) is 64.6 Å². The summed E-state index contributed by atoms with van der Waals surface area (Å²) >= 11 is 1.52. The van der Waals surface area contributed by atoms with Crippen LogP contribution in [-0.2, 0) is 33.2 Å². The van der Waals surface area contributed by atoms with Gasteiger partial charge in [0.1, 0.15) is 19.3 Å². The molecule has 6 heteroatoms. The Labute approximate surface area is 192 Å². The molecule has 0 aliphatic carbocycles. The van der Waals surface area contributed by atoms with Crippen LogP contribution < -0.4 is 5.32 Å². The number of rotatable bonds is 10. The fourth-order valence-corrected chi connectivity index (χ4v) is 3.50. The molecule has 0 radical (unpaired) electrons. The average molecular weight is 448 g/mol. The van der Waals surface area contributed by atoms with Crippen molar-refractivity contribution < 1.29 is 19.1 Å². The number of alkyl carbamates (subject to hydrolysis) is 1. The minimum absolute atomic E-state index is 0.116. The van der Waals surface area contributed by atoms with Gasteiger partial charge in [-0.1, -0.05) is 91.0 Å². The highest BCUT2D eigenvalue weighted by Crippen LogP contribution is 2.13. The molecular formula is C26H25NO4S. The van der Waals surface area contributed by atoms with Crippen molar-refractivity contribution in [1.82, 2.24) is 5.32 Å². The molecule has 0 fully saturated rings. The maximum absolute atomic E-state index is 12.6. The third kappa shape index (κ3) is 8.32. The predicted octanol–water partition coefficient (Wildman–Crippen LogP) is 5.47. The van der Waals surface area contributed by atoms with E-state index in [1.165, 1.54) is 17.3 Å². The molecule has 1 amide bonds. The average Bonchev–Trinajstić information content (AvgIpc) is 2.85. The van der Waals surface area contributed by atoms with Crippen LogP contribution >= 0.6 is 11.8 Å². The number of esters is 1. The zero-order valence-electron chi connectivity index (χ0n) is 17.6. The summed E-state index contributed by atoms with van der Waals surface area (Å²) in [5.41, 5.74) is 2.90. The lowest BCUT2D eigenvalue weighted by molar-refractivity contribution is -0.146. The molecule has 0 spiro atoms. The number of amides is 1. The normalized spacial score (nSPS) is 11.6. The molecule has 0 bridgehead atoms. The minimum Gasteiger partial charge on any atom is -0.459 e. The summed E-state index contributed by atoms with van der Waals surface area (Å²) in [4.78, 5) is 24.9. The van der Waals surface area contributed by atoms with Gasteiger partial charge in [-0.3, -0.25) is 0 Å². The van der Waals surface area contributed by atoms with Gasteiger partial charge in [0, 0.05) is 5.75 Å². The van der Waals surface area contributed by atoms with Crippen molar-refractivity contribution in [2.75, 3.05) is 0 Å². The molecule has 1 N–H and O–H groups in total. The molecule has 1 unspecified atom stereocenters. The summed E-state index contributed by atoms with van der Waals surface area (Å²) in [6, 6.07) is 27.8. The van der Waals surface area contributed by atoms with Gasteiger partial charge < -0.3 is 14.8 Å². The van der Waals surface area contributed by atoms with Gasteiger partial charge in [-0.25, -0.2) is 9.59 Å². The zero-order valence-corrected chi connectivity index (χ0v) is 18.4. The summed E-state index contributed by atoms with van der Waals surface area (Å²) in [5, 5.41) is 4.38. The highest BCUT2D eigenvalue weighted by Gasteiger charge is 2.20. The van der Waals surface area contributed by atoms with Gasteiger partial charge in [0.25, 0.3) is 0 Å². The summed E-state index contributed by atoms with van der Waals surface area (Å²) < 4.78 is 10.6. The molecule has 0 saturated carbocycles. The smallest absolute Gasteiger partial charge is 0.408 e. The Morgan fingerprint density at radius 1 is 0.750 bits per heavy atom. The van der Waals surface area contributed by atoms with Crippen molar-refractivity contribution in [2.24, 2.45) is 0 Å². The van der Waals surface area contributed by atoms with Crippen LogP contribution in [0.3, 0.4) is 0 Å². The second-order valence-electron chi connectivity index (χ2n) is 6.90. The number of nitrogens with one attached hydrogen (secondary N) is 1. The Hall–Kier alpha value is -3.51. The third-order valence-corrected chi connectivity index (χ3v) is 5.27. The van der Waals surface area contributed by atoms with Crippen LogP contribution in [0.5, 0.6) is 0 Å². The van der Waals surface area contributed by atoms with E-state index in [1.54, 1.807) is 11.5 Å². The number of thioether (sulfide) groups is 1. The van der Waals surface area contributed by atoms with Crippen molar-refractivity contribution in [2.45, 2.75) is 25.0 Å². The van der Waals surface area contributed by atoms with E-state index in [1.807, 2.05) is 91.0 Å². The lowest BCUT2D eigenvalue weighted by Gasteiger charge is -2.15. The number of carbonyl (C=O) groups is 2. The number of hydrogen-bond acceptors (Lipinski definition) is 5. The zero-order chi connectivity index (χ0) is 22.4. The predicted molar refractivity (Wildman–Crippen MR) is 127 cm³/mol. The molecule has 1 atom stereocenters. The molecule has 5 nitrogen and oxygen atoms in total. The van der Waals surface area contributed by atoms with Crippen LogP contribution in [0.4, 0.5) is 4.79 Å². The molecule has 0 aromatic heterocycles. The molecule has 164 valence electrons. The van der Waals surface area contributed by atoms with Crippen molar-refractivity contribution in [1.29, 1.82) is 0 Å². The van der Waals surface area contributed by atoms with Crippen LogP contribution in [0.2, 0.25) is 0 Å². The van der Waals surface area contributed by atoms with Crippen molar-refractivity contribution >= 4 is 23.8 Å². The number of ether oxygens (including phenoxy) is 2. The largest absolute Gasteiger partial charge is 0.459 e. The number of hydrogen-bond donors (Lipinski definition) is 1. The molecule has 0 aliphatic rings. The van der Waals surface area contributed by atoms with Crippen molar-refractivity contribution in [3.8, 4) is 0 Å². The van der Waals surface area contributed by atoms with E-state index in [0.717, 1.165) is 16.9 Å². The molecule has 0 heterocycles. The molecule has 0 saturated heterocycles. The first-order valence-corrected chi connectivity index (χ1v) is 11.3. The van der Waals surface area contributed by atoms with E-state index in [9.17, 15) is 9.59 Å². The lowest BCUT2D eigenvalue weighted by atomic mass is 10.2. The SMILES string of the molecule is O=C(NC(/C=C\SCc1ccccc1)C(=O)OCc1ccccc1)OCc1ccccc1. The van der Waals surface area contributed by atoms with Crippen LogP contribution in [0, 0.1) is 0 Å². The molecule has 32 heavy (non-hydrogen) atoms. The van der Waals surface area contributed by atoms with Crippen molar-refractivity contribution in [3.63, 3.8) is 0 Å². The first kappa shape index (κ1) is 23.2. The maximum Gasteiger partial charge on any atom is 0.408 e. The highest BCUT2D eigenvalue weighted by molar-refractivity contribution is 8.01. The Morgan fingerprint density at radius 2 is 1.25 bits per heavy atom. The summed E-state index contributed by atoms with van der Waals surface area (Å²) in [7, 11) is 0. The van der Waals surface area contributed by atoms with Crippen LogP contribution in [0.1, 0.15) is 16.7 Å². The second-order valence-corrected chi connectivity index (χ2v) is 7.80. The summed E-state index contributed by atoms with van der Waals surface area (Å²) in [6.07, 6.45) is 0.929. The summed E-state index contributed by atoms with van der Waals surface area (Å²) in [6.45, 7) is 0.243. The molecule has 3 rings (SSSR count). The van der Waals surface area contributed by atoms with Gasteiger partial charge in [0.15, 0.2) is 0 Å². The van der Waals surface area contributed by atoms with Crippen LogP contribution in [0.25, 0.3) is 0 Å². The standard InChI is InChI=1S/C26H25NO4S/c28-25(30-18-21-10-4-1-5-11-21)24(16-17-32-20-23-14-8-3-9-15-23)27-26(29)31-19-22-12-6-2-7-13-22/h1-17,24H,18-20H2,(H,27,29)/b17-16-. The summed E-state index contributed by atoms with van der Waals surface area (Å²) in [5.74, 6) is 0.198. The molecule has 3 aromatic rings. The Kier molecular flexibility index (Phi) is 9.42. The van der Waals surface area contributed by atoms with E-state index in [4.69, 9.17) is 9.47 Å². The Balaban J connectivity index is 1.56. The second kappa shape index (κ2) is 13.0. The number of benzene rings is 3. The quantitative estimate of drug-likeness (QED) is 0.418. The van der Waals surface area contributed by atoms with E-state index in [2.05, 4.69) is 5.32 Å². The van der Waals surface area contributed by atoms with E-state index in [-0.39, 0.29) is 13.2 Å². The van der Waals surface area contributed by atoms with Crippen LogP contribution in [0.15, 0.2) is 102 Å². The fraction of sp³-hybridized carbons (Fsp3) is 0.154. The molecular weight excluding hydrogens is 422 g/mol. The first-order chi connectivity index (χ1) is 15.7. The van der Waals surface area contributed by atoms with Gasteiger partial charge in [-0.05, 0) is 28.2 Å². The van der Waals surface area contributed by atoms with E-state index >= 15 is 0 Å². The van der Waals surface area contributed by atoms with Gasteiger partial charge >= 0.3 is 12.1 Å². The Morgan fingerprint density at radius 3 is 1.81 bits per heavy atom. The fourth-order valence-electron chi connectivity index (χ4n) is 2.75. The molecule has 0 aliphatic heterocycles. The Bertz CT molecular complexity index is 994. The van der Waals surface area contributed by atoms with Crippen LogP contribution in [-0.4, -0.2) is 18.1 Å². The van der Waals surface area contributed by atoms with Gasteiger partial charge in [0.2, 0.25) is 0 Å². The lowest BCUT2D eigenvalue weighted by Crippen LogP contribution is -2.40. The van der Waals surface area contributed by atoms with Crippen molar-refractivity contribution in [3.05, 3.63) is 119 Å². The molecule has 3 aromatic carbocycles. The van der Waals surface area contributed by atoms with Gasteiger partial charge in [-0.15, -0.1) is 11.8 Å². The van der Waals surface area contributed by atoms with E-state index in [0.29, 0.717) is 0 Å². The minimum atomic E-state index is -0.953. The van der Waals surface area contributed by atoms with Gasteiger partial charge in [0.05, 0.1) is 0 Å². The first-order valence-electron chi connectivity index (χ1n) is 10.2. The number of carbonyl (C=O) groups excluding carboxylic acids is 2. The third-order valence-electron chi connectivity index (χ3n) is 4.42. The highest BCUT2D eigenvalue weighted by atomic mass is 32.2. The maximum atomic E-state index is 12.6.